The van der Waals surface area contributed by atoms with Crippen LogP contribution in [-0.4, -0.2) is 15.0 Å². The molecular formula is C19H17FeN3. The molecule has 0 spiro atoms. The van der Waals surface area contributed by atoms with Gasteiger partial charge in [0.2, 0.25) is 0 Å². The molecule has 116 valence electrons. The van der Waals surface area contributed by atoms with Crippen molar-refractivity contribution >= 4 is 0 Å². The van der Waals surface area contributed by atoms with Gasteiger partial charge in [-0.1, -0.05) is 41.1 Å². The van der Waals surface area contributed by atoms with E-state index in [1.807, 2.05) is 83.7 Å². The van der Waals surface area contributed by atoms with Crippen molar-refractivity contribution in [2.75, 3.05) is 0 Å². The van der Waals surface area contributed by atoms with Crippen molar-refractivity contribution in [2.24, 2.45) is 0 Å². The number of hydrogen-bond acceptors (Lipinski definition) is 2. The normalized spacial score (nSPS) is 9.57. The van der Waals surface area contributed by atoms with Crippen LogP contribution in [0.1, 0.15) is 5.56 Å². The summed E-state index contributed by atoms with van der Waals surface area (Å²) in [7, 11) is 0. The van der Waals surface area contributed by atoms with Gasteiger partial charge >= 0.3 is 17.1 Å². The standard InChI is InChI=1S/C14H12N3.C5H5.Fe/c1-2-6-12(7-3-1)10-17-11-14(15-16-17)13-8-4-5-9-13;1-2-4-5-3-1;/h1-9,11H,10H2;1-5H;/q2*-1;+2. The van der Waals surface area contributed by atoms with Crippen LogP contribution in [0.2, 0.25) is 0 Å². The molecular weight excluding hydrogens is 326 g/mol. The molecule has 1 heterocycles. The molecule has 1 aromatic heterocycles. The predicted octanol–water partition coefficient (Wildman–Crippen LogP) is 4.12. The van der Waals surface area contributed by atoms with Gasteiger partial charge < -0.3 is 0 Å². The molecule has 3 nitrogen and oxygen atoms in total. The Hall–Kier alpha value is -2.42. The third-order valence-corrected chi connectivity index (χ3v) is 3.24. The van der Waals surface area contributed by atoms with Crippen LogP contribution in [0.15, 0.2) is 91.1 Å². The molecule has 23 heavy (non-hydrogen) atoms. The third kappa shape index (κ3) is 5.06. The van der Waals surface area contributed by atoms with E-state index in [9.17, 15) is 0 Å². The number of benzene rings is 1. The van der Waals surface area contributed by atoms with Crippen molar-refractivity contribution < 1.29 is 17.1 Å². The Morgan fingerprint density at radius 3 is 2.22 bits per heavy atom. The van der Waals surface area contributed by atoms with Crippen LogP contribution in [0, 0.1) is 0 Å². The zero-order valence-electron chi connectivity index (χ0n) is 12.6. The molecule has 4 heteroatoms. The van der Waals surface area contributed by atoms with Crippen molar-refractivity contribution in [1.29, 1.82) is 0 Å². The van der Waals surface area contributed by atoms with Crippen molar-refractivity contribution in [2.45, 2.75) is 6.54 Å². The van der Waals surface area contributed by atoms with E-state index in [-0.39, 0.29) is 17.1 Å². The van der Waals surface area contributed by atoms with Crippen LogP contribution in [0.25, 0.3) is 11.3 Å². The van der Waals surface area contributed by atoms with E-state index in [2.05, 4.69) is 22.4 Å². The average Bonchev–Trinajstić information content (AvgIpc) is 3.32. The number of hydrogen-bond donors (Lipinski definition) is 0. The fraction of sp³-hybridized carbons (Fsp3) is 0.0526. The maximum atomic E-state index is 4.17. The largest absolute Gasteiger partial charge is 2.00 e. The van der Waals surface area contributed by atoms with E-state index < -0.39 is 0 Å². The summed E-state index contributed by atoms with van der Waals surface area (Å²) < 4.78 is 1.86. The first-order valence-corrected chi connectivity index (χ1v) is 7.24. The molecule has 0 saturated carbocycles. The minimum absolute atomic E-state index is 0. The van der Waals surface area contributed by atoms with Gasteiger partial charge in [0.05, 0.1) is 6.54 Å². The van der Waals surface area contributed by atoms with Crippen LogP contribution in [0.3, 0.4) is 0 Å². The molecule has 4 rings (SSSR count). The van der Waals surface area contributed by atoms with Gasteiger partial charge in [-0.05, 0) is 11.8 Å². The Morgan fingerprint density at radius 1 is 0.913 bits per heavy atom. The van der Waals surface area contributed by atoms with Crippen molar-refractivity contribution in [3.63, 3.8) is 0 Å². The van der Waals surface area contributed by atoms with E-state index in [1.165, 1.54) is 5.56 Å². The molecule has 0 bridgehead atoms. The van der Waals surface area contributed by atoms with E-state index >= 15 is 0 Å². The SMILES string of the molecule is [Fe+2].c1cc[cH-]c1.c1ccc(Cn2cc(-[c-]3cccc3)nn2)cc1. The molecule has 0 unspecified atom stereocenters. The summed E-state index contributed by atoms with van der Waals surface area (Å²) in [5.74, 6) is 0. The number of aromatic nitrogens is 3. The summed E-state index contributed by atoms with van der Waals surface area (Å²) in [6, 6.07) is 28.3. The molecule has 0 aliphatic carbocycles. The Kier molecular flexibility index (Phi) is 6.55. The van der Waals surface area contributed by atoms with Gasteiger partial charge in [0.1, 0.15) is 0 Å². The van der Waals surface area contributed by atoms with Gasteiger partial charge in [-0.15, -0.1) is 12.1 Å². The van der Waals surface area contributed by atoms with Gasteiger partial charge in [0.25, 0.3) is 0 Å². The van der Waals surface area contributed by atoms with Gasteiger partial charge in [0.15, 0.2) is 0 Å². The second kappa shape index (κ2) is 8.89. The quantitative estimate of drug-likeness (QED) is 0.414. The van der Waals surface area contributed by atoms with Gasteiger partial charge in [-0.3, -0.25) is 4.68 Å². The Labute approximate surface area is 146 Å². The molecule has 4 aromatic rings. The summed E-state index contributed by atoms with van der Waals surface area (Å²) in [5.41, 5.74) is 3.27. The van der Waals surface area contributed by atoms with Crippen LogP contribution in [0.4, 0.5) is 0 Å². The summed E-state index contributed by atoms with van der Waals surface area (Å²) in [4.78, 5) is 0. The molecule has 0 amide bonds. The van der Waals surface area contributed by atoms with Crippen molar-refractivity contribution in [3.8, 4) is 11.3 Å². The minimum atomic E-state index is 0. The van der Waals surface area contributed by atoms with E-state index in [1.54, 1.807) is 0 Å². The van der Waals surface area contributed by atoms with E-state index in [0.717, 1.165) is 17.8 Å². The van der Waals surface area contributed by atoms with Gasteiger partial charge in [0, 0.05) is 5.69 Å². The number of nitrogens with zero attached hydrogens (tertiary/aromatic N) is 3. The summed E-state index contributed by atoms with van der Waals surface area (Å²) in [6.45, 7) is 0.758. The summed E-state index contributed by atoms with van der Waals surface area (Å²) in [5, 5.41) is 8.30. The maximum absolute atomic E-state index is 4.17. The molecule has 3 aromatic carbocycles. The number of rotatable bonds is 3. The fourth-order valence-corrected chi connectivity index (χ4v) is 2.14. The zero-order chi connectivity index (χ0) is 15.0. The molecule has 0 N–H and O–H groups in total. The molecule has 0 atom stereocenters. The zero-order valence-corrected chi connectivity index (χ0v) is 13.7. The molecule has 0 saturated heterocycles. The van der Waals surface area contributed by atoms with Crippen LogP contribution in [0.5, 0.6) is 0 Å². The first-order chi connectivity index (χ1) is 10.9. The topological polar surface area (TPSA) is 30.7 Å². The summed E-state index contributed by atoms with van der Waals surface area (Å²) >= 11 is 0. The Bertz CT molecular complexity index is 739. The van der Waals surface area contributed by atoms with E-state index in [0.29, 0.717) is 0 Å². The predicted molar refractivity (Wildman–Crippen MR) is 88.6 cm³/mol. The van der Waals surface area contributed by atoms with Gasteiger partial charge in [-0.2, -0.15) is 35.4 Å². The van der Waals surface area contributed by atoms with E-state index in [4.69, 9.17) is 0 Å². The van der Waals surface area contributed by atoms with Crippen LogP contribution >= 0.6 is 0 Å². The smallest absolute Gasteiger partial charge is 0.287 e. The van der Waals surface area contributed by atoms with Crippen LogP contribution in [-0.2, 0) is 23.6 Å². The van der Waals surface area contributed by atoms with Crippen molar-refractivity contribution in [1.82, 2.24) is 15.0 Å². The Morgan fingerprint density at radius 2 is 1.61 bits per heavy atom. The second-order valence-corrected chi connectivity index (χ2v) is 4.92. The average molecular weight is 343 g/mol. The van der Waals surface area contributed by atoms with Crippen LogP contribution < -0.4 is 0 Å². The summed E-state index contributed by atoms with van der Waals surface area (Å²) in [6.07, 6.45) is 1.97. The maximum Gasteiger partial charge on any atom is 2.00 e. The van der Waals surface area contributed by atoms with Gasteiger partial charge in [-0.25, -0.2) is 12.1 Å². The first-order valence-electron chi connectivity index (χ1n) is 7.24. The minimum Gasteiger partial charge on any atom is -0.287 e. The molecule has 0 aliphatic rings. The fourth-order valence-electron chi connectivity index (χ4n) is 2.14. The van der Waals surface area contributed by atoms with Crippen molar-refractivity contribution in [3.05, 3.63) is 96.7 Å². The molecule has 0 fully saturated rings. The molecule has 0 aliphatic heterocycles. The monoisotopic (exact) mass is 343 g/mol. The second-order valence-electron chi connectivity index (χ2n) is 4.92. The Balaban J connectivity index is 0.000000276. The molecule has 0 radical (unpaired) electrons. The first kappa shape index (κ1) is 16.9. The third-order valence-electron chi connectivity index (χ3n) is 3.24.